The molecule has 2 saturated heterocycles. The summed E-state index contributed by atoms with van der Waals surface area (Å²) in [7, 11) is 0. The molecule has 26 heavy (non-hydrogen) atoms. The number of carbonyl (C=O) groups is 1. The van der Waals surface area contributed by atoms with Crippen LogP contribution in [0.5, 0.6) is 0 Å². The van der Waals surface area contributed by atoms with Gasteiger partial charge in [0.15, 0.2) is 5.78 Å². The highest BCUT2D eigenvalue weighted by Gasteiger charge is 2.87. The molecule has 4 N–H and O–H groups in total. The molecule has 0 aromatic heterocycles. The summed E-state index contributed by atoms with van der Waals surface area (Å²) < 4.78 is 5.84. The predicted molar refractivity (Wildman–Crippen MR) is 90.7 cm³/mol. The van der Waals surface area contributed by atoms with Crippen molar-refractivity contribution in [2.45, 2.75) is 70.6 Å². The Labute approximate surface area is 153 Å². The Morgan fingerprint density at radius 2 is 1.77 bits per heavy atom. The van der Waals surface area contributed by atoms with E-state index in [1.807, 2.05) is 6.92 Å². The molecule has 4 aliphatic carbocycles. The molecule has 2 spiro atoms. The van der Waals surface area contributed by atoms with Gasteiger partial charge in [0.05, 0.1) is 18.8 Å². The average Bonchev–Trinajstić information content (AvgIpc) is 2.69. The summed E-state index contributed by atoms with van der Waals surface area (Å²) in [6.45, 7) is 6.06. The predicted octanol–water partition coefficient (Wildman–Crippen LogP) is 0.455. The molecule has 2 aliphatic heterocycles. The number of fused-ring (bicyclic) bond motifs is 2. The molecule has 10 unspecified atom stereocenters. The summed E-state index contributed by atoms with van der Waals surface area (Å²) in [4.78, 5) is 13.4. The number of hydrogen-bond donors (Lipinski definition) is 4. The fourth-order valence-corrected chi connectivity index (χ4v) is 8.27. The van der Waals surface area contributed by atoms with Gasteiger partial charge in [-0.3, -0.25) is 4.79 Å². The first-order valence-electron chi connectivity index (χ1n) is 10.0. The van der Waals surface area contributed by atoms with E-state index < -0.39 is 34.9 Å². The number of ether oxygens (including phenoxy) is 1. The van der Waals surface area contributed by atoms with Crippen LogP contribution in [0.4, 0.5) is 0 Å². The van der Waals surface area contributed by atoms with Crippen LogP contribution in [0.1, 0.15) is 46.5 Å². The van der Waals surface area contributed by atoms with Gasteiger partial charge in [-0.05, 0) is 42.9 Å². The zero-order valence-corrected chi connectivity index (χ0v) is 15.7. The third-order valence-corrected chi connectivity index (χ3v) is 9.28. The fourth-order valence-electron chi connectivity index (χ4n) is 8.27. The molecule has 6 nitrogen and oxygen atoms in total. The largest absolute Gasteiger partial charge is 0.392 e. The lowest BCUT2D eigenvalue weighted by Crippen LogP contribution is -2.85. The van der Waals surface area contributed by atoms with Crippen LogP contribution in [0.3, 0.4) is 0 Å². The van der Waals surface area contributed by atoms with Gasteiger partial charge in [0.1, 0.15) is 11.5 Å². The highest BCUT2D eigenvalue weighted by atomic mass is 16.6. The first-order chi connectivity index (χ1) is 12.1. The van der Waals surface area contributed by atoms with Crippen molar-refractivity contribution in [3.05, 3.63) is 0 Å². The van der Waals surface area contributed by atoms with E-state index in [2.05, 4.69) is 13.8 Å². The maximum absolute atomic E-state index is 13.4. The summed E-state index contributed by atoms with van der Waals surface area (Å²) in [6, 6.07) is 0. The summed E-state index contributed by atoms with van der Waals surface area (Å²) >= 11 is 0. The Morgan fingerprint density at radius 3 is 2.46 bits per heavy atom. The van der Waals surface area contributed by atoms with Gasteiger partial charge in [-0.25, -0.2) is 0 Å². The summed E-state index contributed by atoms with van der Waals surface area (Å²) in [5, 5.41) is 45.3. The van der Waals surface area contributed by atoms with Crippen molar-refractivity contribution in [2.24, 2.45) is 39.9 Å². The minimum atomic E-state index is -2.08. The molecule has 0 aromatic carbocycles. The Kier molecular flexibility index (Phi) is 3.18. The zero-order valence-electron chi connectivity index (χ0n) is 15.7. The van der Waals surface area contributed by atoms with Crippen molar-refractivity contribution in [1.29, 1.82) is 0 Å². The SMILES string of the molecule is CC1C(=O)C23C(O)C1CCC2C12COC3(O)C(O)C1C(C)(C)CCC2O. The van der Waals surface area contributed by atoms with Crippen LogP contribution in [-0.2, 0) is 9.53 Å². The van der Waals surface area contributed by atoms with Gasteiger partial charge < -0.3 is 25.2 Å². The monoisotopic (exact) mass is 366 g/mol. The summed E-state index contributed by atoms with van der Waals surface area (Å²) in [5.41, 5.74) is -2.64. The molecule has 6 rings (SSSR count). The molecule has 10 atom stereocenters. The number of hydrogen-bond acceptors (Lipinski definition) is 6. The molecule has 6 aliphatic rings. The van der Waals surface area contributed by atoms with Gasteiger partial charge in [-0.15, -0.1) is 0 Å². The van der Waals surface area contributed by atoms with Crippen molar-refractivity contribution in [3.63, 3.8) is 0 Å². The third kappa shape index (κ3) is 1.45. The lowest BCUT2D eigenvalue weighted by molar-refractivity contribution is -0.458. The molecule has 6 heteroatoms. The van der Waals surface area contributed by atoms with Crippen molar-refractivity contribution in [3.8, 4) is 0 Å². The highest BCUT2D eigenvalue weighted by molar-refractivity contribution is 5.93. The first kappa shape index (κ1) is 17.6. The van der Waals surface area contributed by atoms with Crippen LogP contribution in [0.15, 0.2) is 0 Å². The quantitative estimate of drug-likeness (QED) is 0.496. The second kappa shape index (κ2) is 4.71. The topological polar surface area (TPSA) is 107 Å². The van der Waals surface area contributed by atoms with E-state index in [-0.39, 0.29) is 41.5 Å². The Hall–Kier alpha value is -0.530. The normalized spacial score (nSPS) is 62.7. The summed E-state index contributed by atoms with van der Waals surface area (Å²) in [6.07, 6.45) is -0.376. The van der Waals surface area contributed by atoms with Gasteiger partial charge in [0, 0.05) is 17.3 Å². The number of rotatable bonds is 0. The van der Waals surface area contributed by atoms with E-state index >= 15 is 0 Å². The summed E-state index contributed by atoms with van der Waals surface area (Å²) in [5.74, 6) is -3.63. The van der Waals surface area contributed by atoms with Gasteiger partial charge in [0.2, 0.25) is 5.79 Å². The number of Topliss-reactive ketones (excluding diaryl/α,β-unsaturated/α-hetero) is 1. The van der Waals surface area contributed by atoms with Crippen molar-refractivity contribution in [2.75, 3.05) is 6.61 Å². The molecule has 4 saturated carbocycles. The molecule has 4 bridgehead atoms. The highest BCUT2D eigenvalue weighted by Crippen LogP contribution is 2.76. The van der Waals surface area contributed by atoms with Crippen LogP contribution in [-0.4, -0.2) is 56.9 Å². The van der Waals surface area contributed by atoms with Gasteiger partial charge >= 0.3 is 0 Å². The Balaban J connectivity index is 1.80. The maximum atomic E-state index is 13.4. The van der Waals surface area contributed by atoms with E-state index in [0.717, 1.165) is 6.42 Å². The third-order valence-electron chi connectivity index (χ3n) is 9.28. The van der Waals surface area contributed by atoms with E-state index in [1.165, 1.54) is 0 Å². The standard InChI is InChI=1S/C20H30O6/c1-9-10-4-5-11-18-8-26-20(25,19(11,14(9)22)15(10)23)16(24)13(18)17(2,3)7-6-12(18)21/h9-13,15-16,21,23-25H,4-8H2,1-3H3. The molecule has 146 valence electrons. The smallest absolute Gasteiger partial charge is 0.208 e. The van der Waals surface area contributed by atoms with Crippen LogP contribution in [0.25, 0.3) is 0 Å². The minimum absolute atomic E-state index is 0.126. The molecular formula is C20H30O6. The van der Waals surface area contributed by atoms with Crippen LogP contribution >= 0.6 is 0 Å². The van der Waals surface area contributed by atoms with E-state index in [0.29, 0.717) is 19.3 Å². The van der Waals surface area contributed by atoms with Crippen molar-refractivity contribution < 1.29 is 30.0 Å². The van der Waals surface area contributed by atoms with Crippen LogP contribution in [0, 0.1) is 39.9 Å². The average molecular weight is 366 g/mol. The number of aliphatic hydroxyl groups is 4. The molecule has 0 aromatic rings. The molecule has 0 radical (unpaired) electrons. The Bertz CT molecular complexity index is 677. The van der Waals surface area contributed by atoms with E-state index in [1.54, 1.807) is 0 Å². The Morgan fingerprint density at radius 1 is 1.08 bits per heavy atom. The molecular weight excluding hydrogens is 336 g/mol. The zero-order chi connectivity index (χ0) is 18.9. The molecule has 2 heterocycles. The van der Waals surface area contributed by atoms with Crippen LogP contribution in [0.2, 0.25) is 0 Å². The van der Waals surface area contributed by atoms with Gasteiger partial charge in [-0.1, -0.05) is 20.8 Å². The van der Waals surface area contributed by atoms with Crippen molar-refractivity contribution >= 4 is 5.78 Å². The lowest BCUT2D eigenvalue weighted by Gasteiger charge is -2.74. The van der Waals surface area contributed by atoms with Gasteiger partial charge in [0.25, 0.3) is 0 Å². The maximum Gasteiger partial charge on any atom is 0.208 e. The number of carbonyl (C=O) groups excluding carboxylic acids is 1. The van der Waals surface area contributed by atoms with E-state index in [4.69, 9.17) is 4.74 Å². The lowest BCUT2D eigenvalue weighted by atomic mass is 9.35. The number of ketones is 1. The van der Waals surface area contributed by atoms with Gasteiger partial charge in [-0.2, -0.15) is 0 Å². The van der Waals surface area contributed by atoms with Crippen LogP contribution < -0.4 is 0 Å². The first-order valence-corrected chi connectivity index (χ1v) is 10.0. The number of aliphatic hydroxyl groups excluding tert-OH is 3. The van der Waals surface area contributed by atoms with Crippen molar-refractivity contribution in [1.82, 2.24) is 0 Å². The molecule has 6 fully saturated rings. The minimum Gasteiger partial charge on any atom is -0.392 e. The second-order valence-electron chi connectivity index (χ2n) is 10.3. The fraction of sp³-hybridized carbons (Fsp3) is 0.950. The second-order valence-corrected chi connectivity index (χ2v) is 10.3. The van der Waals surface area contributed by atoms with E-state index in [9.17, 15) is 25.2 Å². The molecule has 0 amide bonds.